The third-order valence-electron chi connectivity index (χ3n) is 6.39. The molecule has 2 aliphatic rings. The maximum atomic E-state index is 6.00. The van der Waals surface area contributed by atoms with Gasteiger partial charge < -0.3 is 9.80 Å². The standard InChI is InChI=1S/C22H28N4S/c1-5-18-17-14-20-15(11-9-13-24(20)4)16-10-8-12-19(21(16)17)26(18)23-22(27)25(6-2)7-3/h1,8,10,12,15,20H,6-7,9,11,13-14H2,2-4H3,(H,23,27)/t15-,20-/m1/s1. The van der Waals surface area contributed by atoms with E-state index >= 15 is 0 Å². The Morgan fingerprint density at radius 3 is 2.85 bits per heavy atom. The van der Waals surface area contributed by atoms with Crippen LogP contribution >= 0.6 is 12.2 Å². The number of thiocarbonyl (C=S) groups is 1. The number of terminal acetylenes is 1. The van der Waals surface area contributed by atoms with Crippen molar-refractivity contribution in [2.45, 2.75) is 45.1 Å². The molecule has 0 bridgehead atoms. The molecule has 5 heteroatoms. The second-order valence-electron chi connectivity index (χ2n) is 7.64. The third kappa shape index (κ3) is 2.83. The third-order valence-corrected chi connectivity index (χ3v) is 6.74. The van der Waals surface area contributed by atoms with Crippen LogP contribution in [-0.4, -0.2) is 52.3 Å². The number of aromatic nitrogens is 1. The molecule has 142 valence electrons. The fourth-order valence-corrected chi connectivity index (χ4v) is 5.34. The summed E-state index contributed by atoms with van der Waals surface area (Å²) in [5.74, 6) is 3.55. The zero-order valence-electron chi connectivity index (χ0n) is 16.5. The minimum Gasteiger partial charge on any atom is -0.348 e. The van der Waals surface area contributed by atoms with Gasteiger partial charge in [-0.1, -0.05) is 12.1 Å². The molecule has 1 fully saturated rings. The maximum Gasteiger partial charge on any atom is 0.188 e. The summed E-state index contributed by atoms with van der Waals surface area (Å²) in [5, 5.41) is 2.07. The van der Waals surface area contributed by atoms with Crippen molar-refractivity contribution in [1.82, 2.24) is 14.5 Å². The van der Waals surface area contributed by atoms with Gasteiger partial charge in [-0.3, -0.25) is 5.43 Å². The number of hydrogen-bond donors (Lipinski definition) is 1. The fourth-order valence-electron chi connectivity index (χ4n) is 5.00. The predicted octanol–water partition coefficient (Wildman–Crippen LogP) is 3.53. The molecule has 1 N–H and O–H groups in total. The molecule has 1 aliphatic heterocycles. The molecule has 1 saturated heterocycles. The monoisotopic (exact) mass is 380 g/mol. The van der Waals surface area contributed by atoms with Crippen molar-refractivity contribution in [2.24, 2.45) is 0 Å². The zero-order chi connectivity index (χ0) is 19.1. The van der Waals surface area contributed by atoms with Gasteiger partial charge in [-0.05, 0) is 82.0 Å². The summed E-state index contributed by atoms with van der Waals surface area (Å²) in [6.45, 7) is 7.15. The van der Waals surface area contributed by atoms with E-state index < -0.39 is 0 Å². The number of benzene rings is 1. The molecule has 0 spiro atoms. The van der Waals surface area contributed by atoms with Crippen LogP contribution in [0.5, 0.6) is 0 Å². The summed E-state index contributed by atoms with van der Waals surface area (Å²) in [6, 6.07) is 7.16. The second kappa shape index (κ2) is 7.18. The highest BCUT2D eigenvalue weighted by Crippen LogP contribution is 2.44. The molecule has 2 atom stereocenters. The summed E-state index contributed by atoms with van der Waals surface area (Å²) >= 11 is 5.66. The summed E-state index contributed by atoms with van der Waals surface area (Å²) in [4.78, 5) is 4.65. The van der Waals surface area contributed by atoms with Gasteiger partial charge in [-0.25, -0.2) is 4.68 Å². The maximum absolute atomic E-state index is 6.00. The topological polar surface area (TPSA) is 23.4 Å². The Bertz CT molecular complexity index is 919. The van der Waals surface area contributed by atoms with E-state index in [2.05, 4.69) is 60.2 Å². The lowest BCUT2D eigenvalue weighted by Gasteiger charge is -2.42. The van der Waals surface area contributed by atoms with Crippen LogP contribution in [0.1, 0.15) is 49.4 Å². The van der Waals surface area contributed by atoms with E-state index in [4.69, 9.17) is 18.6 Å². The first-order valence-corrected chi connectivity index (χ1v) is 10.4. The molecule has 0 amide bonds. The number of hydrogen-bond acceptors (Lipinski definition) is 2. The molecule has 1 aromatic carbocycles. The lowest BCUT2D eigenvalue weighted by molar-refractivity contribution is 0.157. The highest BCUT2D eigenvalue weighted by Gasteiger charge is 2.38. The average molecular weight is 381 g/mol. The largest absolute Gasteiger partial charge is 0.348 e. The van der Waals surface area contributed by atoms with Gasteiger partial charge in [0, 0.05) is 30.4 Å². The van der Waals surface area contributed by atoms with Crippen LogP contribution in [0.2, 0.25) is 0 Å². The molecule has 4 nitrogen and oxygen atoms in total. The van der Waals surface area contributed by atoms with E-state index in [9.17, 15) is 0 Å². The Morgan fingerprint density at radius 2 is 2.15 bits per heavy atom. The van der Waals surface area contributed by atoms with Gasteiger partial charge in [-0.15, -0.1) is 6.42 Å². The molecule has 0 radical (unpaired) electrons. The number of piperidine rings is 1. The van der Waals surface area contributed by atoms with Crippen molar-refractivity contribution in [3.63, 3.8) is 0 Å². The SMILES string of the molecule is C#Cc1c2c3c(cccc3n1NC(=S)N(CC)CC)[C@H]1CCCN(C)[C@@H]1C2. The lowest BCUT2D eigenvalue weighted by Crippen LogP contribution is -2.44. The minimum atomic E-state index is 0.537. The first kappa shape index (κ1) is 18.3. The van der Waals surface area contributed by atoms with Crippen molar-refractivity contribution >= 4 is 28.2 Å². The Kier molecular flexibility index (Phi) is 4.88. The summed E-state index contributed by atoms with van der Waals surface area (Å²) in [6.07, 6.45) is 9.54. The van der Waals surface area contributed by atoms with Crippen molar-refractivity contribution in [2.75, 3.05) is 32.1 Å². The van der Waals surface area contributed by atoms with Crippen LogP contribution in [0.25, 0.3) is 10.9 Å². The van der Waals surface area contributed by atoms with Gasteiger partial charge in [0.15, 0.2) is 5.11 Å². The van der Waals surface area contributed by atoms with E-state index in [0.717, 1.165) is 35.8 Å². The normalized spacial score (nSPS) is 21.6. The molecular weight excluding hydrogens is 352 g/mol. The number of likely N-dealkylation sites (N-methyl/N-ethyl adjacent to an activating group) is 1. The number of fused-ring (bicyclic) bond motifs is 2. The van der Waals surface area contributed by atoms with E-state index in [1.165, 1.54) is 35.9 Å². The average Bonchev–Trinajstić information content (AvgIpc) is 2.98. The minimum absolute atomic E-state index is 0.537. The molecular formula is C22H28N4S. The highest BCUT2D eigenvalue weighted by atomic mass is 32.1. The summed E-state index contributed by atoms with van der Waals surface area (Å²) in [5.41, 5.74) is 8.25. The summed E-state index contributed by atoms with van der Waals surface area (Å²) < 4.78 is 2.05. The Hall–Kier alpha value is -2.03. The quantitative estimate of drug-likeness (QED) is 0.650. The molecule has 2 heterocycles. The van der Waals surface area contributed by atoms with Crippen molar-refractivity contribution < 1.29 is 0 Å². The van der Waals surface area contributed by atoms with Crippen LogP contribution in [0, 0.1) is 12.3 Å². The Balaban J connectivity index is 1.86. The van der Waals surface area contributed by atoms with Crippen molar-refractivity contribution in [3.05, 3.63) is 35.0 Å². The van der Waals surface area contributed by atoms with Gasteiger partial charge in [-0.2, -0.15) is 0 Å². The Labute approximate surface area is 167 Å². The fraction of sp³-hybridized carbons (Fsp3) is 0.500. The number of nitrogens with zero attached hydrogens (tertiary/aromatic N) is 3. The van der Waals surface area contributed by atoms with E-state index in [-0.39, 0.29) is 0 Å². The van der Waals surface area contributed by atoms with E-state index in [1.54, 1.807) is 0 Å². The molecule has 0 unspecified atom stereocenters. The number of likely N-dealkylation sites (tertiary alicyclic amines) is 1. The molecule has 27 heavy (non-hydrogen) atoms. The van der Waals surface area contributed by atoms with Crippen LogP contribution in [0.15, 0.2) is 18.2 Å². The smallest absolute Gasteiger partial charge is 0.188 e. The van der Waals surface area contributed by atoms with Gasteiger partial charge >= 0.3 is 0 Å². The second-order valence-corrected chi connectivity index (χ2v) is 8.03. The van der Waals surface area contributed by atoms with E-state index in [1.807, 2.05) is 4.68 Å². The molecule has 4 rings (SSSR count). The highest BCUT2D eigenvalue weighted by molar-refractivity contribution is 7.80. The van der Waals surface area contributed by atoms with Crippen LogP contribution in [0.4, 0.5) is 0 Å². The van der Waals surface area contributed by atoms with Gasteiger partial charge in [0.1, 0.15) is 5.69 Å². The number of rotatable bonds is 3. The molecule has 0 saturated carbocycles. The Morgan fingerprint density at radius 1 is 1.37 bits per heavy atom. The number of nitrogens with one attached hydrogen (secondary N) is 1. The summed E-state index contributed by atoms with van der Waals surface area (Å²) in [7, 11) is 2.25. The van der Waals surface area contributed by atoms with Crippen LogP contribution < -0.4 is 5.43 Å². The van der Waals surface area contributed by atoms with Gasteiger partial charge in [0.25, 0.3) is 0 Å². The lowest BCUT2D eigenvalue weighted by atomic mass is 9.75. The molecule has 2 aromatic rings. The first-order valence-electron chi connectivity index (χ1n) is 9.99. The predicted molar refractivity (Wildman–Crippen MR) is 117 cm³/mol. The molecule has 1 aromatic heterocycles. The van der Waals surface area contributed by atoms with Crippen molar-refractivity contribution in [1.29, 1.82) is 0 Å². The van der Waals surface area contributed by atoms with Crippen LogP contribution in [0.3, 0.4) is 0 Å². The first-order chi connectivity index (χ1) is 13.1. The van der Waals surface area contributed by atoms with Gasteiger partial charge in [0.2, 0.25) is 0 Å². The zero-order valence-corrected chi connectivity index (χ0v) is 17.3. The molecule has 1 aliphatic carbocycles. The van der Waals surface area contributed by atoms with E-state index in [0.29, 0.717) is 12.0 Å². The van der Waals surface area contributed by atoms with Gasteiger partial charge in [0.05, 0.1) is 5.52 Å². The van der Waals surface area contributed by atoms with Crippen LogP contribution in [-0.2, 0) is 6.42 Å². The van der Waals surface area contributed by atoms with Crippen molar-refractivity contribution in [3.8, 4) is 12.3 Å².